The minimum Gasteiger partial charge on any atom is -0.375 e. The highest BCUT2D eigenvalue weighted by Gasteiger charge is 2.01. The molecule has 0 aliphatic carbocycles. The summed E-state index contributed by atoms with van der Waals surface area (Å²) in [6, 6.07) is 0. The van der Waals surface area contributed by atoms with Gasteiger partial charge in [0.2, 0.25) is 0 Å². The first kappa shape index (κ1) is 6.22. The van der Waals surface area contributed by atoms with Gasteiger partial charge in [-0.25, -0.2) is 4.98 Å². The summed E-state index contributed by atoms with van der Waals surface area (Å²) in [6.07, 6.45) is 1.49. The van der Waals surface area contributed by atoms with Crippen LogP contribution in [-0.4, -0.2) is 10.8 Å². The van der Waals surface area contributed by atoms with Crippen LogP contribution in [0.1, 0.15) is 16.6 Å². The van der Waals surface area contributed by atoms with E-state index in [1.165, 1.54) is 24.5 Å². The fraction of sp³-hybridized carbons (Fsp3) is 0.200. The number of rotatable bonds is 1. The molecule has 0 radical (unpaired) electrons. The Bertz CT molecular complexity index is 231. The average Bonchev–Trinajstić information content (AvgIpc) is 2.14. The molecule has 0 bridgehead atoms. The van der Waals surface area contributed by atoms with Crippen molar-refractivity contribution >= 4 is 22.3 Å². The average molecular weight is 142 g/mol. The Balaban J connectivity index is 2.98. The summed E-state index contributed by atoms with van der Waals surface area (Å²) < 4.78 is 0. The Labute approximate surface area is 56.5 Å². The summed E-state index contributed by atoms with van der Waals surface area (Å²) in [5.74, 6) is 0.0178. The van der Waals surface area contributed by atoms with E-state index in [9.17, 15) is 4.79 Å². The Morgan fingerprint density at radius 1 is 1.89 bits per heavy atom. The molecule has 4 heteroatoms. The van der Waals surface area contributed by atoms with Gasteiger partial charge < -0.3 is 5.73 Å². The van der Waals surface area contributed by atoms with E-state index in [1.54, 1.807) is 0 Å². The van der Waals surface area contributed by atoms with Crippen LogP contribution in [0.3, 0.4) is 0 Å². The molecule has 3 nitrogen and oxygen atoms in total. The number of nitrogen functional groups attached to an aromatic ring is 1. The molecule has 0 amide bonds. The highest BCUT2D eigenvalue weighted by molar-refractivity contribution is 7.17. The van der Waals surface area contributed by atoms with Gasteiger partial charge in [0.25, 0.3) is 0 Å². The number of carbonyl (C=O) groups excluding carboxylic acids is 1. The molecule has 0 spiro atoms. The maximum Gasteiger partial charge on any atom is 0.180 e. The van der Waals surface area contributed by atoms with Crippen LogP contribution in [0.15, 0.2) is 6.20 Å². The molecule has 2 N–H and O–H groups in total. The molecule has 0 atom stereocenters. The number of aromatic nitrogens is 1. The normalized spacial score (nSPS) is 9.44. The van der Waals surface area contributed by atoms with Crippen LogP contribution in [0.25, 0.3) is 0 Å². The number of ketones is 1. The molecule has 0 fully saturated rings. The van der Waals surface area contributed by atoms with Crippen molar-refractivity contribution in [2.24, 2.45) is 0 Å². The fourth-order valence-electron chi connectivity index (χ4n) is 0.450. The van der Waals surface area contributed by atoms with Gasteiger partial charge in [-0.2, -0.15) is 0 Å². The van der Waals surface area contributed by atoms with Gasteiger partial charge in [0.05, 0.1) is 11.1 Å². The zero-order chi connectivity index (χ0) is 6.85. The van der Waals surface area contributed by atoms with Crippen molar-refractivity contribution in [1.82, 2.24) is 4.98 Å². The third-order valence-electron chi connectivity index (χ3n) is 0.871. The SMILES string of the molecule is CC(=O)c1cnc(N)s1. The van der Waals surface area contributed by atoms with E-state index < -0.39 is 0 Å². The van der Waals surface area contributed by atoms with Crippen molar-refractivity contribution < 1.29 is 4.79 Å². The zero-order valence-electron chi connectivity index (χ0n) is 4.92. The monoisotopic (exact) mass is 142 g/mol. The predicted octanol–water partition coefficient (Wildman–Crippen LogP) is 0.928. The minimum atomic E-state index is 0.0178. The van der Waals surface area contributed by atoms with E-state index in [0.29, 0.717) is 10.0 Å². The number of nitrogens with two attached hydrogens (primary N) is 1. The molecule has 0 aromatic carbocycles. The Morgan fingerprint density at radius 2 is 2.56 bits per heavy atom. The van der Waals surface area contributed by atoms with Crippen LogP contribution in [0.5, 0.6) is 0 Å². The van der Waals surface area contributed by atoms with Gasteiger partial charge in [0.15, 0.2) is 10.9 Å². The number of nitrogens with zero attached hydrogens (tertiary/aromatic N) is 1. The maximum atomic E-state index is 10.6. The number of carbonyl (C=O) groups is 1. The van der Waals surface area contributed by atoms with Crippen LogP contribution in [0.2, 0.25) is 0 Å². The van der Waals surface area contributed by atoms with Gasteiger partial charge in [-0.3, -0.25) is 4.79 Å². The third kappa shape index (κ3) is 1.26. The van der Waals surface area contributed by atoms with E-state index in [2.05, 4.69) is 4.98 Å². The summed E-state index contributed by atoms with van der Waals surface area (Å²) in [5, 5.41) is 0.445. The summed E-state index contributed by atoms with van der Waals surface area (Å²) in [6.45, 7) is 1.49. The molecule has 9 heavy (non-hydrogen) atoms. The van der Waals surface area contributed by atoms with E-state index in [1.807, 2.05) is 0 Å². The first-order valence-electron chi connectivity index (χ1n) is 2.42. The minimum absolute atomic E-state index is 0.0178. The summed E-state index contributed by atoms with van der Waals surface area (Å²) in [5.41, 5.74) is 5.27. The Morgan fingerprint density at radius 3 is 2.78 bits per heavy atom. The van der Waals surface area contributed by atoms with Crippen molar-refractivity contribution in [3.05, 3.63) is 11.1 Å². The van der Waals surface area contributed by atoms with Gasteiger partial charge in [-0.1, -0.05) is 11.3 Å². The summed E-state index contributed by atoms with van der Waals surface area (Å²) in [4.78, 5) is 14.9. The standard InChI is InChI=1S/C5H6N2OS/c1-3(8)4-2-7-5(6)9-4/h2H,1H3,(H2,6,7). The maximum absolute atomic E-state index is 10.6. The van der Waals surface area contributed by atoms with Gasteiger partial charge >= 0.3 is 0 Å². The van der Waals surface area contributed by atoms with E-state index in [4.69, 9.17) is 5.73 Å². The second-order valence-corrected chi connectivity index (χ2v) is 2.68. The van der Waals surface area contributed by atoms with Gasteiger partial charge in [0, 0.05) is 6.92 Å². The van der Waals surface area contributed by atoms with Crippen LogP contribution < -0.4 is 5.73 Å². The molecule has 0 unspecified atom stereocenters. The molecule has 1 heterocycles. The molecule has 1 aromatic rings. The second kappa shape index (κ2) is 2.14. The van der Waals surface area contributed by atoms with Gasteiger partial charge in [0.1, 0.15) is 0 Å². The molecule has 1 rings (SSSR count). The van der Waals surface area contributed by atoms with Gasteiger partial charge in [-0.15, -0.1) is 0 Å². The molecule has 0 aliphatic rings. The molecular weight excluding hydrogens is 136 g/mol. The third-order valence-corrected chi connectivity index (χ3v) is 1.80. The van der Waals surface area contributed by atoms with Crippen molar-refractivity contribution in [2.75, 3.05) is 5.73 Å². The topological polar surface area (TPSA) is 56.0 Å². The first-order valence-corrected chi connectivity index (χ1v) is 3.24. The van der Waals surface area contributed by atoms with Crippen LogP contribution in [-0.2, 0) is 0 Å². The highest BCUT2D eigenvalue weighted by atomic mass is 32.1. The first-order chi connectivity index (χ1) is 4.20. The van der Waals surface area contributed by atoms with E-state index in [0.717, 1.165) is 0 Å². The molecule has 0 saturated heterocycles. The smallest absolute Gasteiger partial charge is 0.180 e. The van der Waals surface area contributed by atoms with Crippen molar-refractivity contribution in [3.8, 4) is 0 Å². The Hall–Kier alpha value is -0.900. The lowest BCUT2D eigenvalue weighted by atomic mass is 10.4. The number of anilines is 1. The summed E-state index contributed by atoms with van der Waals surface area (Å²) >= 11 is 1.21. The van der Waals surface area contributed by atoms with Gasteiger partial charge in [-0.05, 0) is 0 Å². The zero-order valence-corrected chi connectivity index (χ0v) is 5.73. The number of hydrogen-bond acceptors (Lipinski definition) is 4. The van der Waals surface area contributed by atoms with Crippen molar-refractivity contribution in [2.45, 2.75) is 6.92 Å². The van der Waals surface area contributed by atoms with Crippen LogP contribution in [0, 0.1) is 0 Å². The number of Topliss-reactive ketones (excluding diaryl/α,β-unsaturated/α-hetero) is 1. The molecule has 0 aliphatic heterocycles. The molecule has 48 valence electrons. The fourth-order valence-corrected chi connectivity index (χ4v) is 1.03. The lowest BCUT2D eigenvalue weighted by Gasteiger charge is -1.79. The Kier molecular flexibility index (Phi) is 1.48. The largest absolute Gasteiger partial charge is 0.375 e. The molecule has 0 saturated carbocycles. The lowest BCUT2D eigenvalue weighted by Crippen LogP contribution is -1.83. The highest BCUT2D eigenvalue weighted by Crippen LogP contribution is 2.13. The van der Waals surface area contributed by atoms with E-state index >= 15 is 0 Å². The number of hydrogen-bond donors (Lipinski definition) is 1. The van der Waals surface area contributed by atoms with Crippen LogP contribution >= 0.6 is 11.3 Å². The molecule has 1 aromatic heterocycles. The summed E-state index contributed by atoms with van der Waals surface area (Å²) in [7, 11) is 0. The van der Waals surface area contributed by atoms with Crippen LogP contribution in [0.4, 0.5) is 5.13 Å². The van der Waals surface area contributed by atoms with E-state index in [-0.39, 0.29) is 5.78 Å². The second-order valence-electron chi connectivity index (χ2n) is 1.62. The predicted molar refractivity (Wildman–Crippen MR) is 36.5 cm³/mol. The van der Waals surface area contributed by atoms with Crippen molar-refractivity contribution in [1.29, 1.82) is 0 Å². The number of thiazole rings is 1. The quantitative estimate of drug-likeness (QED) is 0.593. The molecular formula is C5H6N2OS. The lowest BCUT2D eigenvalue weighted by molar-refractivity contribution is 0.102. The van der Waals surface area contributed by atoms with Crippen molar-refractivity contribution in [3.63, 3.8) is 0 Å².